The highest BCUT2D eigenvalue weighted by Gasteiger charge is 2.34. The van der Waals surface area contributed by atoms with Gasteiger partial charge in [-0.05, 0) is 76.9 Å². The van der Waals surface area contributed by atoms with Crippen molar-refractivity contribution in [3.05, 3.63) is 24.3 Å². The molecule has 1 heterocycles. The van der Waals surface area contributed by atoms with Crippen LogP contribution in [0.1, 0.15) is 39.5 Å². The highest BCUT2D eigenvalue weighted by molar-refractivity contribution is 5.95. The van der Waals surface area contributed by atoms with Gasteiger partial charge in [-0.15, -0.1) is 0 Å². The van der Waals surface area contributed by atoms with Gasteiger partial charge in [-0.2, -0.15) is 0 Å². The smallest absolute Gasteiger partial charge is 0.230 e. The number of nitrogens with zero attached hydrogens (tertiary/aromatic N) is 2. The molecule has 1 aromatic carbocycles. The van der Waals surface area contributed by atoms with Crippen molar-refractivity contribution in [1.29, 1.82) is 0 Å². The number of anilines is 1. The van der Waals surface area contributed by atoms with Gasteiger partial charge in [-0.25, -0.2) is 0 Å². The zero-order chi connectivity index (χ0) is 16.2. The molecule has 1 saturated carbocycles. The minimum Gasteiger partial charge on any atom is -0.494 e. The molecule has 0 unspecified atom stereocenters. The lowest BCUT2D eigenvalue weighted by atomic mass is 9.95. The zero-order valence-corrected chi connectivity index (χ0v) is 14.3. The van der Waals surface area contributed by atoms with E-state index in [9.17, 15) is 4.79 Å². The fourth-order valence-electron chi connectivity index (χ4n) is 3.53. The van der Waals surface area contributed by atoms with Crippen LogP contribution < -0.4 is 9.64 Å². The monoisotopic (exact) mass is 316 g/mol. The van der Waals surface area contributed by atoms with Crippen molar-refractivity contribution in [2.24, 2.45) is 5.92 Å². The summed E-state index contributed by atoms with van der Waals surface area (Å²) in [7, 11) is 0. The van der Waals surface area contributed by atoms with Crippen LogP contribution in [0.3, 0.4) is 0 Å². The number of benzene rings is 1. The Morgan fingerprint density at radius 1 is 1.13 bits per heavy atom. The summed E-state index contributed by atoms with van der Waals surface area (Å²) in [4.78, 5) is 17.4. The Balaban J connectivity index is 1.61. The van der Waals surface area contributed by atoms with E-state index in [4.69, 9.17) is 4.74 Å². The molecule has 23 heavy (non-hydrogen) atoms. The van der Waals surface area contributed by atoms with E-state index in [2.05, 4.69) is 4.90 Å². The predicted molar refractivity (Wildman–Crippen MR) is 93.0 cm³/mol. The van der Waals surface area contributed by atoms with Crippen molar-refractivity contribution in [2.45, 2.75) is 45.6 Å². The van der Waals surface area contributed by atoms with Crippen LogP contribution in [0.5, 0.6) is 5.75 Å². The van der Waals surface area contributed by atoms with Crippen LogP contribution in [0.4, 0.5) is 5.69 Å². The van der Waals surface area contributed by atoms with Gasteiger partial charge in [-0.1, -0.05) is 0 Å². The SMILES string of the molecule is CCOc1ccc(N(CC)C(=O)C2CCN(C3CC3)CC2)cc1. The van der Waals surface area contributed by atoms with Crippen LogP contribution >= 0.6 is 0 Å². The van der Waals surface area contributed by atoms with E-state index >= 15 is 0 Å². The second kappa shape index (κ2) is 7.35. The Hall–Kier alpha value is -1.55. The molecule has 0 radical (unpaired) electrons. The van der Waals surface area contributed by atoms with Gasteiger partial charge in [0.2, 0.25) is 5.91 Å². The van der Waals surface area contributed by atoms with Gasteiger partial charge in [0.25, 0.3) is 0 Å². The normalized spacial score (nSPS) is 19.6. The van der Waals surface area contributed by atoms with Gasteiger partial charge in [-0.3, -0.25) is 4.79 Å². The van der Waals surface area contributed by atoms with E-state index in [-0.39, 0.29) is 11.8 Å². The van der Waals surface area contributed by atoms with Crippen molar-refractivity contribution < 1.29 is 9.53 Å². The first-order valence-corrected chi connectivity index (χ1v) is 9.01. The summed E-state index contributed by atoms with van der Waals surface area (Å²) in [5.74, 6) is 1.32. The topological polar surface area (TPSA) is 32.8 Å². The number of carbonyl (C=O) groups excluding carboxylic acids is 1. The summed E-state index contributed by atoms with van der Waals surface area (Å²) in [5, 5.41) is 0. The first kappa shape index (κ1) is 16.3. The molecule has 1 amide bonds. The molecule has 4 nitrogen and oxygen atoms in total. The van der Waals surface area contributed by atoms with Gasteiger partial charge in [0.05, 0.1) is 6.61 Å². The molecule has 4 heteroatoms. The third-order valence-corrected chi connectivity index (χ3v) is 4.98. The van der Waals surface area contributed by atoms with Crippen LogP contribution in [0.15, 0.2) is 24.3 Å². The molecule has 1 aliphatic carbocycles. The summed E-state index contributed by atoms with van der Waals surface area (Å²) in [6, 6.07) is 8.70. The molecule has 1 saturated heterocycles. The average molecular weight is 316 g/mol. The van der Waals surface area contributed by atoms with E-state index in [0.717, 1.165) is 50.0 Å². The van der Waals surface area contributed by atoms with Gasteiger partial charge in [0.15, 0.2) is 0 Å². The molecule has 0 N–H and O–H groups in total. The molecule has 3 rings (SSSR count). The molecule has 0 spiro atoms. The first-order valence-electron chi connectivity index (χ1n) is 9.01. The van der Waals surface area contributed by atoms with E-state index < -0.39 is 0 Å². The van der Waals surface area contributed by atoms with Crippen LogP contribution in [-0.4, -0.2) is 43.1 Å². The van der Waals surface area contributed by atoms with Crippen LogP contribution in [-0.2, 0) is 4.79 Å². The average Bonchev–Trinajstić information content (AvgIpc) is 3.42. The summed E-state index contributed by atoms with van der Waals surface area (Å²) in [6.07, 6.45) is 4.71. The summed E-state index contributed by atoms with van der Waals surface area (Å²) in [6.45, 7) is 7.58. The molecule has 0 aromatic heterocycles. The molecule has 2 fully saturated rings. The molecule has 126 valence electrons. The molecular weight excluding hydrogens is 288 g/mol. The van der Waals surface area contributed by atoms with Gasteiger partial charge >= 0.3 is 0 Å². The molecule has 0 atom stereocenters. The number of amides is 1. The number of hydrogen-bond acceptors (Lipinski definition) is 3. The minimum atomic E-state index is 0.177. The maximum absolute atomic E-state index is 12.9. The number of likely N-dealkylation sites (tertiary alicyclic amines) is 1. The van der Waals surface area contributed by atoms with Gasteiger partial charge in [0.1, 0.15) is 5.75 Å². The van der Waals surface area contributed by atoms with Gasteiger partial charge < -0.3 is 14.5 Å². The molecule has 1 aromatic rings. The van der Waals surface area contributed by atoms with E-state index in [1.165, 1.54) is 12.8 Å². The Kier molecular flexibility index (Phi) is 5.21. The second-order valence-corrected chi connectivity index (χ2v) is 6.55. The van der Waals surface area contributed by atoms with Crippen molar-refractivity contribution in [3.63, 3.8) is 0 Å². The Labute approximate surface area is 139 Å². The maximum Gasteiger partial charge on any atom is 0.230 e. The summed E-state index contributed by atoms with van der Waals surface area (Å²) < 4.78 is 5.48. The van der Waals surface area contributed by atoms with Crippen molar-refractivity contribution >= 4 is 11.6 Å². The maximum atomic E-state index is 12.9. The lowest BCUT2D eigenvalue weighted by Crippen LogP contribution is -2.43. The third-order valence-electron chi connectivity index (χ3n) is 4.98. The van der Waals surface area contributed by atoms with Crippen LogP contribution in [0.25, 0.3) is 0 Å². The molecule has 1 aliphatic heterocycles. The zero-order valence-electron chi connectivity index (χ0n) is 14.3. The molecule has 2 aliphatic rings. The Morgan fingerprint density at radius 3 is 2.30 bits per heavy atom. The van der Waals surface area contributed by atoms with Crippen molar-refractivity contribution in [2.75, 3.05) is 31.1 Å². The number of rotatable bonds is 6. The minimum absolute atomic E-state index is 0.177. The molecular formula is C19H28N2O2. The van der Waals surface area contributed by atoms with Crippen LogP contribution in [0.2, 0.25) is 0 Å². The summed E-state index contributed by atoms with van der Waals surface area (Å²) in [5.41, 5.74) is 0.977. The summed E-state index contributed by atoms with van der Waals surface area (Å²) >= 11 is 0. The van der Waals surface area contributed by atoms with Crippen molar-refractivity contribution in [3.8, 4) is 5.75 Å². The predicted octanol–water partition coefficient (Wildman–Crippen LogP) is 3.31. The van der Waals surface area contributed by atoms with E-state index in [1.54, 1.807) is 0 Å². The fraction of sp³-hybridized carbons (Fsp3) is 0.632. The fourth-order valence-corrected chi connectivity index (χ4v) is 3.53. The largest absolute Gasteiger partial charge is 0.494 e. The second-order valence-electron chi connectivity index (χ2n) is 6.55. The third kappa shape index (κ3) is 3.86. The lowest BCUT2D eigenvalue weighted by molar-refractivity contribution is -0.123. The Morgan fingerprint density at radius 2 is 1.78 bits per heavy atom. The van der Waals surface area contributed by atoms with Crippen LogP contribution in [0, 0.1) is 5.92 Å². The number of carbonyl (C=O) groups is 1. The number of ether oxygens (including phenoxy) is 1. The van der Waals surface area contributed by atoms with E-state index in [0.29, 0.717) is 6.61 Å². The number of hydrogen-bond donors (Lipinski definition) is 0. The van der Waals surface area contributed by atoms with Gasteiger partial charge in [0, 0.05) is 24.2 Å². The Bertz CT molecular complexity index is 517. The first-order chi connectivity index (χ1) is 11.2. The molecule has 0 bridgehead atoms. The highest BCUT2D eigenvalue weighted by atomic mass is 16.5. The lowest BCUT2D eigenvalue weighted by Gasteiger charge is -2.34. The van der Waals surface area contributed by atoms with Crippen molar-refractivity contribution in [1.82, 2.24) is 4.90 Å². The standard InChI is InChI=1S/C19H28N2O2/c1-3-21(17-7-9-18(10-8-17)23-4-2)19(22)15-11-13-20(14-12-15)16-5-6-16/h7-10,15-16H,3-6,11-14H2,1-2H3. The quantitative estimate of drug-likeness (QED) is 0.807. The highest BCUT2D eigenvalue weighted by Crippen LogP contribution is 2.32. The number of piperidine rings is 1. The van der Waals surface area contributed by atoms with E-state index in [1.807, 2.05) is 43.0 Å².